The summed E-state index contributed by atoms with van der Waals surface area (Å²) in [5.41, 5.74) is 0.655. The lowest BCUT2D eigenvalue weighted by molar-refractivity contribution is -0.274. The number of benzene rings is 1. The minimum Gasteiger partial charge on any atom is -0.406 e. The molecule has 0 fully saturated rings. The van der Waals surface area contributed by atoms with Gasteiger partial charge in [-0.25, -0.2) is 0 Å². The Bertz CT molecular complexity index is 404. The van der Waals surface area contributed by atoms with Crippen LogP contribution >= 0.6 is 27.5 Å². The van der Waals surface area contributed by atoms with Crippen LogP contribution in [0.4, 0.5) is 13.2 Å². The van der Waals surface area contributed by atoms with Crippen LogP contribution in [0, 0.1) is 0 Å². The van der Waals surface area contributed by atoms with Gasteiger partial charge >= 0.3 is 6.36 Å². The van der Waals surface area contributed by atoms with E-state index < -0.39 is 6.36 Å². The van der Waals surface area contributed by atoms with Crippen LogP contribution in [0.3, 0.4) is 0 Å². The van der Waals surface area contributed by atoms with Crippen molar-refractivity contribution in [3.05, 3.63) is 34.9 Å². The number of allylic oxidation sites excluding steroid dienone is 1. The Kier molecular flexibility index (Phi) is 5.33. The van der Waals surface area contributed by atoms with Crippen LogP contribution in [0.25, 0.3) is 6.08 Å². The van der Waals surface area contributed by atoms with Crippen molar-refractivity contribution in [2.45, 2.75) is 12.8 Å². The van der Waals surface area contributed by atoms with Gasteiger partial charge in [-0.3, -0.25) is 0 Å². The van der Waals surface area contributed by atoms with E-state index in [1.807, 2.05) is 6.08 Å². The molecule has 0 saturated heterocycles. The lowest BCUT2D eigenvalue weighted by Crippen LogP contribution is -2.17. The maximum absolute atomic E-state index is 11.9. The van der Waals surface area contributed by atoms with Crippen molar-refractivity contribution < 1.29 is 17.9 Å². The van der Waals surface area contributed by atoms with Crippen molar-refractivity contribution in [2.75, 3.05) is 5.33 Å². The average molecular weight is 330 g/mol. The number of alkyl halides is 4. The van der Waals surface area contributed by atoms with Gasteiger partial charge in [-0.15, -0.1) is 13.2 Å². The average Bonchev–Trinajstić information content (AvgIpc) is 2.19. The standard InChI is InChI=1S/C11H9BrClF3O/c12-6-2-1-3-8-4-5-9(7-10(8)13)17-11(14,15)16/h1,3-5,7H,2,6H2. The number of hydrogen-bond donors (Lipinski definition) is 0. The monoisotopic (exact) mass is 328 g/mol. The molecule has 1 nitrogen and oxygen atoms in total. The highest BCUT2D eigenvalue weighted by Crippen LogP contribution is 2.28. The van der Waals surface area contributed by atoms with Gasteiger partial charge in [0, 0.05) is 5.33 Å². The second kappa shape index (κ2) is 6.31. The third kappa shape index (κ3) is 5.46. The maximum atomic E-state index is 11.9. The number of halogens is 5. The Balaban J connectivity index is 2.79. The molecule has 0 radical (unpaired) electrons. The van der Waals surface area contributed by atoms with Gasteiger partial charge in [0.15, 0.2) is 0 Å². The maximum Gasteiger partial charge on any atom is 0.573 e. The van der Waals surface area contributed by atoms with E-state index in [1.165, 1.54) is 12.1 Å². The summed E-state index contributed by atoms with van der Waals surface area (Å²) in [6, 6.07) is 3.85. The van der Waals surface area contributed by atoms with E-state index in [0.717, 1.165) is 17.8 Å². The molecule has 0 aliphatic heterocycles. The second-order valence-electron chi connectivity index (χ2n) is 3.11. The van der Waals surface area contributed by atoms with Gasteiger partial charge in [0.2, 0.25) is 0 Å². The highest BCUT2D eigenvalue weighted by Gasteiger charge is 2.31. The molecule has 0 spiro atoms. The quantitative estimate of drug-likeness (QED) is 0.703. The first-order valence-corrected chi connectivity index (χ1v) is 6.20. The largest absolute Gasteiger partial charge is 0.573 e. The molecule has 0 aliphatic rings. The van der Waals surface area contributed by atoms with E-state index in [2.05, 4.69) is 20.7 Å². The Labute approximate surface area is 110 Å². The number of hydrogen-bond acceptors (Lipinski definition) is 1. The van der Waals surface area contributed by atoms with Crippen molar-refractivity contribution >= 4 is 33.6 Å². The van der Waals surface area contributed by atoms with Crippen molar-refractivity contribution in [1.29, 1.82) is 0 Å². The molecular formula is C11H9BrClF3O. The third-order valence-electron chi connectivity index (χ3n) is 1.78. The predicted octanol–water partition coefficient (Wildman–Crippen LogP) is 5.04. The Morgan fingerprint density at radius 2 is 2.06 bits per heavy atom. The van der Waals surface area contributed by atoms with Crippen LogP contribution in [0.5, 0.6) is 5.75 Å². The Hall–Kier alpha value is -0.680. The minimum atomic E-state index is -4.70. The first kappa shape index (κ1) is 14.4. The highest BCUT2D eigenvalue weighted by atomic mass is 79.9. The van der Waals surface area contributed by atoms with Crippen LogP contribution in [0.2, 0.25) is 5.02 Å². The van der Waals surface area contributed by atoms with Crippen LogP contribution in [-0.2, 0) is 0 Å². The van der Waals surface area contributed by atoms with E-state index in [1.54, 1.807) is 6.08 Å². The van der Waals surface area contributed by atoms with Crippen molar-refractivity contribution in [3.8, 4) is 5.75 Å². The smallest absolute Gasteiger partial charge is 0.406 e. The molecule has 0 unspecified atom stereocenters. The van der Waals surface area contributed by atoms with Gasteiger partial charge < -0.3 is 4.74 Å². The van der Waals surface area contributed by atoms with Gasteiger partial charge in [-0.05, 0) is 30.2 Å². The number of rotatable bonds is 4. The van der Waals surface area contributed by atoms with Crippen molar-refractivity contribution in [1.82, 2.24) is 0 Å². The van der Waals surface area contributed by atoms with E-state index in [0.29, 0.717) is 5.56 Å². The molecule has 0 amide bonds. The molecule has 0 bridgehead atoms. The van der Waals surface area contributed by atoms with E-state index in [9.17, 15) is 13.2 Å². The molecule has 0 heterocycles. The molecule has 1 rings (SSSR count). The zero-order valence-electron chi connectivity index (χ0n) is 8.60. The lowest BCUT2D eigenvalue weighted by Gasteiger charge is -2.09. The summed E-state index contributed by atoms with van der Waals surface area (Å²) < 4.78 is 39.6. The zero-order chi connectivity index (χ0) is 12.9. The molecule has 0 atom stereocenters. The van der Waals surface area contributed by atoms with Crippen LogP contribution in [0.1, 0.15) is 12.0 Å². The van der Waals surface area contributed by atoms with Crippen molar-refractivity contribution in [3.63, 3.8) is 0 Å². The predicted molar refractivity (Wildman–Crippen MR) is 65.6 cm³/mol. The molecule has 0 N–H and O–H groups in total. The van der Waals surface area contributed by atoms with Crippen LogP contribution < -0.4 is 4.74 Å². The fourth-order valence-electron chi connectivity index (χ4n) is 1.11. The Morgan fingerprint density at radius 1 is 1.35 bits per heavy atom. The molecular weight excluding hydrogens is 320 g/mol. The second-order valence-corrected chi connectivity index (χ2v) is 4.31. The van der Waals surface area contributed by atoms with Crippen molar-refractivity contribution in [2.24, 2.45) is 0 Å². The SMILES string of the molecule is FC(F)(F)Oc1ccc(C=CCCBr)c(Cl)c1. The normalized spacial score (nSPS) is 12.1. The summed E-state index contributed by atoms with van der Waals surface area (Å²) >= 11 is 9.08. The van der Waals surface area contributed by atoms with Crippen LogP contribution in [0.15, 0.2) is 24.3 Å². The van der Waals surface area contributed by atoms with E-state index in [4.69, 9.17) is 11.6 Å². The molecule has 0 aromatic heterocycles. The lowest BCUT2D eigenvalue weighted by atomic mass is 10.2. The summed E-state index contributed by atoms with van der Waals surface area (Å²) in [4.78, 5) is 0. The first-order valence-electron chi connectivity index (χ1n) is 4.70. The molecule has 1 aromatic carbocycles. The fraction of sp³-hybridized carbons (Fsp3) is 0.273. The Morgan fingerprint density at radius 3 is 2.59 bits per heavy atom. The zero-order valence-corrected chi connectivity index (χ0v) is 10.9. The van der Waals surface area contributed by atoms with Gasteiger partial charge in [0.05, 0.1) is 5.02 Å². The molecule has 1 aromatic rings. The fourth-order valence-corrected chi connectivity index (χ4v) is 1.61. The highest BCUT2D eigenvalue weighted by molar-refractivity contribution is 9.09. The third-order valence-corrected chi connectivity index (χ3v) is 2.56. The summed E-state index contributed by atoms with van der Waals surface area (Å²) in [6.07, 6.45) is -0.255. The van der Waals surface area contributed by atoms with E-state index >= 15 is 0 Å². The van der Waals surface area contributed by atoms with Gasteiger partial charge in [-0.2, -0.15) is 0 Å². The minimum absolute atomic E-state index is 0.220. The molecule has 94 valence electrons. The summed E-state index contributed by atoms with van der Waals surface area (Å²) in [7, 11) is 0. The van der Waals surface area contributed by atoms with Gasteiger partial charge in [0.25, 0.3) is 0 Å². The molecule has 0 saturated carbocycles. The first-order chi connectivity index (χ1) is 7.92. The summed E-state index contributed by atoms with van der Waals surface area (Å²) in [5, 5.41) is 1.04. The van der Waals surface area contributed by atoms with Crippen LogP contribution in [-0.4, -0.2) is 11.7 Å². The number of ether oxygens (including phenoxy) is 1. The molecule has 17 heavy (non-hydrogen) atoms. The summed E-state index contributed by atoms with van der Waals surface area (Å²) in [5.74, 6) is -0.319. The van der Waals surface area contributed by atoms with Gasteiger partial charge in [0.1, 0.15) is 5.75 Å². The molecule has 6 heteroatoms. The summed E-state index contributed by atoms with van der Waals surface area (Å²) in [6.45, 7) is 0. The van der Waals surface area contributed by atoms with E-state index in [-0.39, 0.29) is 10.8 Å². The molecule has 0 aliphatic carbocycles. The van der Waals surface area contributed by atoms with Gasteiger partial charge in [-0.1, -0.05) is 39.7 Å². The topological polar surface area (TPSA) is 9.23 Å².